The van der Waals surface area contributed by atoms with Crippen LogP contribution in [-0.2, 0) is 209 Å². The fourth-order valence-corrected chi connectivity index (χ4v) is 8.27. The first-order valence-corrected chi connectivity index (χ1v) is 23.9. The van der Waals surface area contributed by atoms with Crippen molar-refractivity contribution in [3.63, 3.8) is 0 Å². The SMILES string of the molecule is C.C.C.C.CC(C)(C)c1cc2c(OCC[S-])c(c1)Cc1cc(C(C)(C)C)cc(c1OCC[S-])Cc1cc(C(C)(C)C)cc(c1OCC[S-])Cc1cc(C(C)(C)C)cc(c1OCC[S-])C2.[Hg+].[Hg+].[Hg+].[Hg+]. The summed E-state index contributed by atoms with van der Waals surface area (Å²) in [5.41, 5.74) is 13.3. The molecule has 12 heteroatoms. The molecule has 1 aliphatic carbocycles. The van der Waals surface area contributed by atoms with Crippen LogP contribution in [0.4, 0.5) is 0 Å². The van der Waals surface area contributed by atoms with Crippen LogP contribution in [0.5, 0.6) is 23.0 Å². The Balaban J connectivity index is -0.00000256. The van der Waals surface area contributed by atoms with Crippen LogP contribution in [0.25, 0.3) is 0 Å². The number of fused-ring (bicyclic) bond motifs is 8. The average molecular weight is 1750 g/mol. The van der Waals surface area contributed by atoms with E-state index in [2.05, 4.69) is 132 Å². The predicted molar refractivity (Wildman–Crippen MR) is 290 cm³/mol. The number of benzene rings is 4. The Morgan fingerprint density at radius 2 is 0.441 bits per heavy atom. The number of hydrogen-bond donors (Lipinski definition) is 0. The molecule has 68 heavy (non-hydrogen) atoms. The first kappa shape index (κ1) is 75.7. The van der Waals surface area contributed by atoms with Gasteiger partial charge in [0.05, 0.1) is 26.4 Å². The van der Waals surface area contributed by atoms with Gasteiger partial charge in [0.2, 0.25) is 0 Å². The normalized spacial score (nSPS) is 12.0. The fraction of sp³-hybridized carbons (Fsp3) is 0.571. The molecule has 0 heterocycles. The largest absolute Gasteiger partial charge is 1.00 e. The molecule has 0 N–H and O–H groups in total. The van der Waals surface area contributed by atoms with Crippen LogP contribution in [0, 0.1) is 0 Å². The monoisotopic (exact) mass is 1760 g/mol. The summed E-state index contributed by atoms with van der Waals surface area (Å²) in [7, 11) is 0. The molecule has 4 aromatic rings. The molecule has 0 spiro atoms. The van der Waals surface area contributed by atoms with E-state index in [0.717, 1.165) is 67.5 Å². The summed E-state index contributed by atoms with van der Waals surface area (Å²) < 4.78 is 27.2. The van der Waals surface area contributed by atoms with Crippen LogP contribution in [-0.4, -0.2) is 49.4 Å². The Hall–Kier alpha value is 1.22. The molecular formula is C56H84Hg4O4S4. The van der Waals surface area contributed by atoms with E-state index in [-0.39, 0.29) is 162 Å². The van der Waals surface area contributed by atoms with Crippen molar-refractivity contribution in [2.24, 2.45) is 0 Å². The third-order valence-corrected chi connectivity index (χ3v) is 11.9. The Kier molecular flexibility index (Phi) is 36.3. The van der Waals surface area contributed by atoms with Crippen LogP contribution in [0.2, 0.25) is 0 Å². The maximum absolute atomic E-state index is 6.80. The minimum atomic E-state index is -0.129. The molecule has 0 aromatic heterocycles. The van der Waals surface area contributed by atoms with Gasteiger partial charge < -0.3 is 69.5 Å². The summed E-state index contributed by atoms with van der Waals surface area (Å²) >= 11 is 22.0. The summed E-state index contributed by atoms with van der Waals surface area (Å²) in [4.78, 5) is 0. The molecule has 0 saturated heterocycles. The maximum Gasteiger partial charge on any atom is 1.00 e. The second kappa shape index (κ2) is 32.6. The van der Waals surface area contributed by atoms with Gasteiger partial charge in [0.1, 0.15) is 23.0 Å². The van der Waals surface area contributed by atoms with Gasteiger partial charge >= 0.3 is 111 Å². The molecule has 0 unspecified atom stereocenters. The number of ether oxygens (including phenoxy) is 4. The smallest absolute Gasteiger partial charge is 0.789 e. The molecule has 0 saturated carbocycles. The molecule has 0 aliphatic heterocycles. The molecule has 0 fully saturated rings. The van der Waals surface area contributed by atoms with Crippen molar-refractivity contribution in [2.75, 3.05) is 49.4 Å². The Morgan fingerprint density at radius 3 is 0.544 bits per heavy atom. The van der Waals surface area contributed by atoms with Crippen LogP contribution in [0.15, 0.2) is 48.5 Å². The average Bonchev–Trinajstić information content (AvgIpc) is 3.14. The first-order chi connectivity index (χ1) is 28.1. The van der Waals surface area contributed by atoms with Crippen LogP contribution in [0.3, 0.4) is 0 Å². The Morgan fingerprint density at radius 1 is 0.309 bits per heavy atom. The zero-order valence-corrected chi connectivity index (χ0v) is 66.5. The third kappa shape index (κ3) is 20.1. The quantitative estimate of drug-likeness (QED) is 0.0904. The van der Waals surface area contributed by atoms with Gasteiger partial charge in [-0.3, -0.25) is 0 Å². The summed E-state index contributed by atoms with van der Waals surface area (Å²) in [5.74, 6) is 5.47. The second-order valence-electron chi connectivity index (χ2n) is 20.4. The van der Waals surface area contributed by atoms with Gasteiger partial charge in [0, 0.05) is 25.7 Å². The summed E-state index contributed by atoms with van der Waals surface area (Å²) in [5, 5.41) is 0. The van der Waals surface area contributed by atoms with Crippen LogP contribution in [0.1, 0.15) is 180 Å². The molecule has 8 bridgehead atoms. The van der Waals surface area contributed by atoms with E-state index in [1.54, 1.807) is 0 Å². The van der Waals surface area contributed by atoms with Gasteiger partial charge in [-0.05, 0) is 88.4 Å². The summed E-state index contributed by atoms with van der Waals surface area (Å²) in [6.07, 6.45) is 2.41. The van der Waals surface area contributed by atoms with Gasteiger partial charge in [0.15, 0.2) is 0 Å². The van der Waals surface area contributed by atoms with E-state index in [9.17, 15) is 0 Å². The third-order valence-electron chi connectivity index (χ3n) is 11.3. The van der Waals surface area contributed by atoms with Gasteiger partial charge in [-0.15, -0.1) is 23.0 Å². The van der Waals surface area contributed by atoms with Crippen molar-refractivity contribution < 1.29 is 130 Å². The van der Waals surface area contributed by atoms with Gasteiger partial charge in [-0.25, -0.2) is 0 Å². The van der Waals surface area contributed by atoms with E-state index >= 15 is 0 Å². The molecule has 4 nitrogen and oxygen atoms in total. The standard InChI is InChI=1S/C52H72O4S4.4CH4.4Hg/c1-49(2,3)41-25-33-21-35-27-42(50(4,5)6)29-37(46(35)54-14-18-58)23-39-31-44(52(10,11)12)32-40(48(39)56-16-20-60)24-38-30-43(51(7,8)9)28-36(47(38)55-15-19-59)22-34(26-41)45(33)53-13-17-57;;;;;;;;/h25-32,57-60H,13-24H2,1-12H3;4*1H4;;;;/q;;;;;4*+1/p-4. The molecule has 4 aromatic carbocycles. The topological polar surface area (TPSA) is 36.9 Å². The number of hydrogen-bond acceptors (Lipinski definition) is 8. The molecule has 364 valence electrons. The van der Waals surface area contributed by atoms with Crippen LogP contribution < -0.4 is 18.9 Å². The Labute approximate surface area is 521 Å². The first-order valence-electron chi connectivity index (χ1n) is 21.6. The van der Waals surface area contributed by atoms with Gasteiger partial charge in [-0.2, -0.15) is 0 Å². The summed E-state index contributed by atoms with van der Waals surface area (Å²) in [6.45, 7) is 29.1. The zero-order valence-electron chi connectivity index (χ0n) is 41.2. The van der Waals surface area contributed by atoms with Gasteiger partial charge in [-0.1, -0.05) is 161 Å². The van der Waals surface area contributed by atoms with Crippen molar-refractivity contribution in [1.29, 1.82) is 0 Å². The predicted octanol–water partition coefficient (Wildman–Crippen LogP) is 13.8. The van der Waals surface area contributed by atoms with Crippen molar-refractivity contribution in [3.8, 4) is 23.0 Å². The second-order valence-corrected chi connectivity index (χ2v) is 22.0. The maximum atomic E-state index is 6.80. The van der Waals surface area contributed by atoms with E-state index in [1.807, 2.05) is 0 Å². The van der Waals surface area contributed by atoms with E-state index in [1.165, 1.54) is 22.3 Å². The van der Waals surface area contributed by atoms with Crippen LogP contribution >= 0.6 is 0 Å². The Bertz CT molecular complexity index is 1740. The molecule has 0 atom stereocenters. The van der Waals surface area contributed by atoms with E-state index < -0.39 is 0 Å². The molecule has 0 amide bonds. The summed E-state index contributed by atoms with van der Waals surface area (Å²) in [6, 6.07) is 18.8. The van der Waals surface area contributed by atoms with Crippen molar-refractivity contribution in [3.05, 3.63) is 115 Å². The van der Waals surface area contributed by atoms with Gasteiger partial charge in [0.25, 0.3) is 0 Å². The minimum absolute atomic E-state index is 0. The zero-order chi connectivity index (χ0) is 44.2. The molecule has 1 aliphatic rings. The molecule has 5 rings (SSSR count). The molecular weight excluding hydrogens is 1670 g/mol. The minimum Gasteiger partial charge on any atom is -0.789 e. The van der Waals surface area contributed by atoms with E-state index in [4.69, 9.17) is 69.5 Å². The van der Waals surface area contributed by atoms with Crippen molar-refractivity contribution >= 4 is 50.5 Å². The van der Waals surface area contributed by atoms with Crippen molar-refractivity contribution in [2.45, 2.75) is 160 Å². The van der Waals surface area contributed by atoms with Crippen molar-refractivity contribution in [1.82, 2.24) is 0 Å². The number of rotatable bonds is 12. The fourth-order valence-electron chi connectivity index (χ4n) is 7.94. The van der Waals surface area contributed by atoms with E-state index in [0.29, 0.717) is 75.1 Å². The molecule has 4 radical (unpaired) electrons.